The van der Waals surface area contributed by atoms with E-state index in [9.17, 15) is 14.0 Å². The number of amides is 2. The van der Waals surface area contributed by atoms with Gasteiger partial charge in [-0.25, -0.2) is 4.39 Å². The summed E-state index contributed by atoms with van der Waals surface area (Å²) in [5.74, 6) is 0.0840. The molecule has 3 aromatic rings. The lowest BCUT2D eigenvalue weighted by atomic mass is 10.1. The maximum absolute atomic E-state index is 13.2. The number of ether oxygens (including phenoxy) is 3. The number of nitrogens with one attached hydrogen (secondary N) is 2. The quantitative estimate of drug-likeness (QED) is 0.501. The summed E-state index contributed by atoms with van der Waals surface area (Å²) in [7, 11) is 4.54. The Labute approximate surface area is 190 Å². The summed E-state index contributed by atoms with van der Waals surface area (Å²) in [6.07, 6.45) is 1.50. The van der Waals surface area contributed by atoms with Gasteiger partial charge in [-0.1, -0.05) is 6.07 Å². The van der Waals surface area contributed by atoms with Crippen molar-refractivity contribution in [2.24, 2.45) is 0 Å². The molecule has 0 heterocycles. The summed E-state index contributed by atoms with van der Waals surface area (Å²) in [6.45, 7) is 0. The Kier molecular flexibility index (Phi) is 7.64. The third kappa shape index (κ3) is 6.10. The highest BCUT2D eigenvalue weighted by Gasteiger charge is 2.16. The fourth-order valence-electron chi connectivity index (χ4n) is 2.94. The maximum Gasteiger partial charge on any atom is 0.272 e. The van der Waals surface area contributed by atoms with E-state index < -0.39 is 17.6 Å². The number of hydrogen-bond donors (Lipinski definition) is 2. The predicted molar refractivity (Wildman–Crippen MR) is 123 cm³/mol. The Morgan fingerprint density at radius 1 is 0.818 bits per heavy atom. The van der Waals surface area contributed by atoms with Crippen molar-refractivity contribution in [2.75, 3.05) is 26.6 Å². The Morgan fingerprint density at radius 3 is 2.09 bits per heavy atom. The summed E-state index contributed by atoms with van der Waals surface area (Å²) >= 11 is 0. The smallest absolute Gasteiger partial charge is 0.272 e. The van der Waals surface area contributed by atoms with Gasteiger partial charge in [-0.05, 0) is 72.3 Å². The summed E-state index contributed by atoms with van der Waals surface area (Å²) in [5, 5.41) is 5.29. The van der Waals surface area contributed by atoms with E-state index in [1.165, 1.54) is 51.7 Å². The molecule has 2 N–H and O–H groups in total. The molecule has 0 spiro atoms. The average molecular weight is 450 g/mol. The van der Waals surface area contributed by atoms with Crippen molar-refractivity contribution in [3.05, 3.63) is 89.4 Å². The Hall–Kier alpha value is -4.33. The molecule has 0 aliphatic carbocycles. The minimum Gasteiger partial charge on any atom is -0.497 e. The summed E-state index contributed by atoms with van der Waals surface area (Å²) in [6, 6.07) is 16.8. The van der Waals surface area contributed by atoms with Crippen LogP contribution in [0.4, 0.5) is 10.1 Å². The fraction of sp³-hybridized carbons (Fsp3) is 0.120. The normalized spacial score (nSPS) is 10.8. The van der Waals surface area contributed by atoms with Gasteiger partial charge in [0.05, 0.1) is 21.3 Å². The highest BCUT2D eigenvalue weighted by molar-refractivity contribution is 6.10. The van der Waals surface area contributed by atoms with E-state index in [0.717, 1.165) is 0 Å². The molecule has 0 fully saturated rings. The third-order valence-electron chi connectivity index (χ3n) is 4.67. The molecule has 0 radical (unpaired) electrons. The Bertz CT molecular complexity index is 1160. The molecule has 2 amide bonds. The van der Waals surface area contributed by atoms with E-state index in [1.807, 2.05) is 0 Å². The van der Waals surface area contributed by atoms with Crippen LogP contribution in [0.15, 0.2) is 72.4 Å². The number of carbonyl (C=O) groups is 2. The van der Waals surface area contributed by atoms with Gasteiger partial charge in [-0.2, -0.15) is 0 Å². The van der Waals surface area contributed by atoms with Crippen LogP contribution in [0, 0.1) is 5.82 Å². The molecule has 7 nitrogen and oxygen atoms in total. The molecule has 0 aliphatic heterocycles. The first-order valence-electron chi connectivity index (χ1n) is 9.89. The minimum atomic E-state index is -0.585. The van der Waals surface area contributed by atoms with E-state index >= 15 is 0 Å². The SMILES string of the molecule is COc1ccc(C(=O)NC(=Cc2ccc(OC)c(OC)c2)C(=O)Nc2ccc(F)cc2)cc1. The highest BCUT2D eigenvalue weighted by atomic mass is 19.1. The number of methoxy groups -OCH3 is 3. The van der Waals surface area contributed by atoms with Crippen molar-refractivity contribution in [3.8, 4) is 17.2 Å². The van der Waals surface area contributed by atoms with Gasteiger partial charge in [-0.3, -0.25) is 9.59 Å². The summed E-state index contributed by atoms with van der Waals surface area (Å²) < 4.78 is 28.9. The first-order chi connectivity index (χ1) is 15.9. The second-order valence-corrected chi connectivity index (χ2v) is 6.82. The molecule has 8 heteroatoms. The number of benzene rings is 3. The highest BCUT2D eigenvalue weighted by Crippen LogP contribution is 2.28. The van der Waals surface area contributed by atoms with Crippen LogP contribution >= 0.6 is 0 Å². The zero-order chi connectivity index (χ0) is 23.8. The standard InChI is InChI=1S/C25H23FN2O5/c1-31-20-11-5-17(6-12-20)24(29)28-21(25(30)27-19-9-7-18(26)8-10-19)14-16-4-13-22(32-2)23(15-16)33-3/h4-15H,1-3H3,(H,27,30)(H,28,29). The molecule has 3 rings (SSSR count). The molecular weight excluding hydrogens is 427 g/mol. The molecule has 0 atom stereocenters. The van der Waals surface area contributed by atoms with Gasteiger partial charge in [0.1, 0.15) is 17.3 Å². The van der Waals surface area contributed by atoms with E-state index in [4.69, 9.17) is 14.2 Å². The molecule has 33 heavy (non-hydrogen) atoms. The van der Waals surface area contributed by atoms with E-state index in [-0.39, 0.29) is 5.70 Å². The van der Waals surface area contributed by atoms with Gasteiger partial charge in [0.25, 0.3) is 11.8 Å². The topological polar surface area (TPSA) is 85.9 Å². The number of carbonyl (C=O) groups excluding carboxylic acids is 2. The van der Waals surface area contributed by atoms with Crippen molar-refractivity contribution in [3.63, 3.8) is 0 Å². The molecule has 0 aromatic heterocycles. The zero-order valence-electron chi connectivity index (χ0n) is 18.3. The van der Waals surface area contributed by atoms with E-state index in [2.05, 4.69) is 10.6 Å². The zero-order valence-corrected chi connectivity index (χ0v) is 18.3. The van der Waals surface area contributed by atoms with Gasteiger partial charge in [0.15, 0.2) is 11.5 Å². The largest absolute Gasteiger partial charge is 0.497 e. The number of halogens is 1. The first-order valence-corrected chi connectivity index (χ1v) is 9.89. The summed E-state index contributed by atoms with van der Waals surface area (Å²) in [4.78, 5) is 25.8. The predicted octanol–water partition coefficient (Wildman–Crippen LogP) is 4.26. The van der Waals surface area contributed by atoms with Crippen LogP contribution in [-0.2, 0) is 4.79 Å². The van der Waals surface area contributed by atoms with Crippen molar-refractivity contribution >= 4 is 23.6 Å². The van der Waals surface area contributed by atoms with Crippen LogP contribution in [0.1, 0.15) is 15.9 Å². The lowest BCUT2D eigenvalue weighted by Crippen LogP contribution is -2.30. The molecule has 3 aromatic carbocycles. The van der Waals surface area contributed by atoms with Gasteiger partial charge in [0.2, 0.25) is 0 Å². The van der Waals surface area contributed by atoms with E-state index in [1.54, 1.807) is 42.5 Å². The van der Waals surface area contributed by atoms with E-state index in [0.29, 0.717) is 34.1 Å². The molecule has 0 bridgehead atoms. The van der Waals surface area contributed by atoms with Crippen molar-refractivity contribution in [1.29, 1.82) is 0 Å². The first kappa shape index (κ1) is 23.3. The van der Waals surface area contributed by atoms with Crippen LogP contribution in [0.5, 0.6) is 17.2 Å². The molecule has 0 saturated heterocycles. The van der Waals surface area contributed by atoms with Crippen LogP contribution in [-0.4, -0.2) is 33.1 Å². The molecule has 170 valence electrons. The molecular formula is C25H23FN2O5. The van der Waals surface area contributed by atoms with Crippen LogP contribution in [0.3, 0.4) is 0 Å². The van der Waals surface area contributed by atoms with Gasteiger partial charge >= 0.3 is 0 Å². The fourth-order valence-corrected chi connectivity index (χ4v) is 2.94. The maximum atomic E-state index is 13.2. The number of rotatable bonds is 8. The monoisotopic (exact) mass is 450 g/mol. The van der Waals surface area contributed by atoms with Crippen molar-refractivity contribution in [2.45, 2.75) is 0 Å². The van der Waals surface area contributed by atoms with Gasteiger partial charge in [0, 0.05) is 11.3 Å². The lowest BCUT2D eigenvalue weighted by molar-refractivity contribution is -0.113. The third-order valence-corrected chi connectivity index (χ3v) is 4.67. The van der Waals surface area contributed by atoms with Crippen molar-refractivity contribution in [1.82, 2.24) is 5.32 Å². The Morgan fingerprint density at radius 2 is 1.48 bits per heavy atom. The number of hydrogen-bond acceptors (Lipinski definition) is 5. The molecule has 0 unspecified atom stereocenters. The van der Waals surface area contributed by atoms with Crippen molar-refractivity contribution < 1.29 is 28.2 Å². The van der Waals surface area contributed by atoms with Gasteiger partial charge < -0.3 is 24.8 Å². The molecule has 0 aliphatic rings. The lowest BCUT2D eigenvalue weighted by Gasteiger charge is -2.13. The Balaban J connectivity index is 1.92. The van der Waals surface area contributed by atoms with Crippen LogP contribution < -0.4 is 24.8 Å². The number of anilines is 1. The van der Waals surface area contributed by atoms with Crippen LogP contribution in [0.2, 0.25) is 0 Å². The second-order valence-electron chi connectivity index (χ2n) is 6.82. The second kappa shape index (κ2) is 10.8. The summed E-state index contributed by atoms with van der Waals surface area (Å²) in [5.41, 5.74) is 1.28. The minimum absolute atomic E-state index is 0.0210. The molecule has 0 saturated carbocycles. The average Bonchev–Trinajstić information content (AvgIpc) is 2.84. The van der Waals surface area contributed by atoms with Gasteiger partial charge in [-0.15, -0.1) is 0 Å². The van der Waals surface area contributed by atoms with Crippen LogP contribution in [0.25, 0.3) is 6.08 Å².